The van der Waals surface area contributed by atoms with Crippen molar-refractivity contribution in [1.29, 1.82) is 0 Å². The molecule has 0 aliphatic rings. The number of ketones is 1. The number of ether oxygens (including phenoxy) is 3. The van der Waals surface area contributed by atoms with Gasteiger partial charge in [-0.05, 0) is 6.08 Å². The Kier molecular flexibility index (Phi) is 3.94. The molecule has 0 saturated heterocycles. The zero-order chi connectivity index (χ0) is 12.1. The van der Waals surface area contributed by atoms with Gasteiger partial charge in [0.2, 0.25) is 0 Å². The number of carbonyl (C=O) groups is 1. The summed E-state index contributed by atoms with van der Waals surface area (Å²) in [4.78, 5) is 11.7. The highest BCUT2D eigenvalue weighted by Crippen LogP contribution is 2.34. The minimum Gasteiger partial charge on any atom is -0.496 e. The molecule has 0 aliphatic carbocycles. The maximum atomic E-state index is 11.7. The topological polar surface area (TPSA) is 44.8 Å². The van der Waals surface area contributed by atoms with Gasteiger partial charge in [0, 0.05) is 12.1 Å². The van der Waals surface area contributed by atoms with Crippen LogP contribution in [0, 0.1) is 0 Å². The summed E-state index contributed by atoms with van der Waals surface area (Å²) in [6, 6.07) is 3.25. The second kappa shape index (κ2) is 5.21. The van der Waals surface area contributed by atoms with Crippen LogP contribution in [0.4, 0.5) is 0 Å². The number of benzene rings is 1. The van der Waals surface area contributed by atoms with Crippen LogP contribution in [-0.2, 0) is 0 Å². The molecule has 0 aliphatic heterocycles. The van der Waals surface area contributed by atoms with Gasteiger partial charge in [0.1, 0.15) is 22.8 Å². The summed E-state index contributed by atoms with van der Waals surface area (Å²) in [5.74, 6) is 1.12. The van der Waals surface area contributed by atoms with Gasteiger partial charge in [0.25, 0.3) is 0 Å². The third kappa shape index (κ3) is 2.16. The third-order valence-electron chi connectivity index (χ3n) is 2.15. The lowest BCUT2D eigenvalue weighted by molar-refractivity contribution is 0.104. The van der Waals surface area contributed by atoms with E-state index in [1.165, 1.54) is 27.4 Å². The first-order chi connectivity index (χ1) is 7.67. The zero-order valence-corrected chi connectivity index (χ0v) is 9.57. The molecule has 16 heavy (non-hydrogen) atoms. The van der Waals surface area contributed by atoms with Gasteiger partial charge in [0.15, 0.2) is 5.78 Å². The van der Waals surface area contributed by atoms with Crippen molar-refractivity contribution < 1.29 is 19.0 Å². The van der Waals surface area contributed by atoms with Crippen molar-refractivity contribution in [1.82, 2.24) is 0 Å². The molecule has 0 aromatic heterocycles. The van der Waals surface area contributed by atoms with Crippen LogP contribution in [0.1, 0.15) is 10.4 Å². The van der Waals surface area contributed by atoms with Crippen LogP contribution < -0.4 is 14.2 Å². The van der Waals surface area contributed by atoms with Crippen molar-refractivity contribution in [2.45, 2.75) is 0 Å². The smallest absolute Gasteiger partial charge is 0.192 e. The van der Waals surface area contributed by atoms with Crippen LogP contribution in [0.3, 0.4) is 0 Å². The van der Waals surface area contributed by atoms with E-state index < -0.39 is 0 Å². The van der Waals surface area contributed by atoms with Crippen molar-refractivity contribution in [3.05, 3.63) is 30.4 Å². The molecule has 0 atom stereocenters. The minimum absolute atomic E-state index is 0.253. The van der Waals surface area contributed by atoms with E-state index in [2.05, 4.69) is 6.58 Å². The normalized spacial score (nSPS) is 9.44. The fourth-order valence-electron chi connectivity index (χ4n) is 1.35. The van der Waals surface area contributed by atoms with E-state index in [0.717, 1.165) is 0 Å². The summed E-state index contributed by atoms with van der Waals surface area (Å²) in [7, 11) is 4.49. The summed E-state index contributed by atoms with van der Waals surface area (Å²) in [5.41, 5.74) is 0.348. The molecule has 1 aromatic carbocycles. The first kappa shape index (κ1) is 12.1. The van der Waals surface area contributed by atoms with Gasteiger partial charge >= 0.3 is 0 Å². The predicted molar refractivity (Wildman–Crippen MR) is 60.6 cm³/mol. The fraction of sp³-hybridized carbons (Fsp3) is 0.250. The van der Waals surface area contributed by atoms with Crippen LogP contribution in [0.2, 0.25) is 0 Å². The summed E-state index contributed by atoms with van der Waals surface area (Å²) in [5, 5.41) is 0. The second-order valence-electron chi connectivity index (χ2n) is 2.98. The highest BCUT2D eigenvalue weighted by molar-refractivity contribution is 6.08. The number of allylic oxidation sites excluding steroid dienone is 1. The third-order valence-corrected chi connectivity index (χ3v) is 2.15. The summed E-state index contributed by atoms with van der Waals surface area (Å²) >= 11 is 0. The molecular formula is C12H14O4. The van der Waals surface area contributed by atoms with Crippen molar-refractivity contribution in [3.8, 4) is 17.2 Å². The first-order valence-corrected chi connectivity index (χ1v) is 4.64. The summed E-state index contributed by atoms with van der Waals surface area (Å²) in [6.45, 7) is 3.44. The van der Waals surface area contributed by atoms with Crippen LogP contribution in [0.25, 0.3) is 0 Å². The summed E-state index contributed by atoms with van der Waals surface area (Å²) < 4.78 is 15.3. The Morgan fingerprint density at radius 1 is 1.12 bits per heavy atom. The van der Waals surface area contributed by atoms with E-state index in [-0.39, 0.29) is 5.78 Å². The average molecular weight is 222 g/mol. The predicted octanol–water partition coefficient (Wildman–Crippen LogP) is 2.08. The Hall–Kier alpha value is -1.97. The quantitative estimate of drug-likeness (QED) is 0.565. The van der Waals surface area contributed by atoms with E-state index in [1.807, 2.05) is 0 Å². The zero-order valence-electron chi connectivity index (χ0n) is 9.57. The molecule has 0 amide bonds. The lowest BCUT2D eigenvalue weighted by atomic mass is 10.1. The standard InChI is InChI=1S/C12H14O4/c1-5-9(13)12-10(15-3)6-8(14-2)7-11(12)16-4/h5-7H,1H2,2-4H3. The van der Waals surface area contributed by atoms with Gasteiger partial charge in [-0.2, -0.15) is 0 Å². The molecule has 1 aromatic rings. The molecule has 0 fully saturated rings. The maximum Gasteiger partial charge on any atom is 0.192 e. The Morgan fingerprint density at radius 2 is 1.62 bits per heavy atom. The van der Waals surface area contributed by atoms with E-state index >= 15 is 0 Å². The Morgan fingerprint density at radius 3 is 1.94 bits per heavy atom. The van der Waals surface area contributed by atoms with Gasteiger partial charge in [-0.25, -0.2) is 0 Å². The molecule has 0 heterocycles. The second-order valence-corrected chi connectivity index (χ2v) is 2.98. The van der Waals surface area contributed by atoms with Gasteiger partial charge < -0.3 is 14.2 Å². The highest BCUT2D eigenvalue weighted by atomic mass is 16.5. The summed E-state index contributed by atoms with van der Waals surface area (Å²) in [6.07, 6.45) is 1.22. The largest absolute Gasteiger partial charge is 0.496 e. The average Bonchev–Trinajstić information content (AvgIpc) is 2.35. The molecule has 86 valence electrons. The lowest BCUT2D eigenvalue weighted by Crippen LogP contribution is -2.03. The Bertz CT molecular complexity index is 384. The number of methoxy groups -OCH3 is 3. The van der Waals surface area contributed by atoms with E-state index in [9.17, 15) is 4.79 Å². The molecule has 0 unspecified atom stereocenters. The molecule has 0 saturated carbocycles. The maximum absolute atomic E-state index is 11.7. The SMILES string of the molecule is C=CC(=O)c1c(OC)cc(OC)cc1OC. The molecule has 4 nitrogen and oxygen atoms in total. The van der Waals surface area contributed by atoms with Gasteiger partial charge in [-0.15, -0.1) is 0 Å². The molecule has 1 rings (SSSR count). The minimum atomic E-state index is -0.253. The monoisotopic (exact) mass is 222 g/mol. The van der Waals surface area contributed by atoms with E-state index in [4.69, 9.17) is 14.2 Å². The highest BCUT2D eigenvalue weighted by Gasteiger charge is 2.17. The Balaban J connectivity index is 3.42. The van der Waals surface area contributed by atoms with Crippen molar-refractivity contribution >= 4 is 5.78 Å². The fourth-order valence-corrected chi connectivity index (χ4v) is 1.35. The van der Waals surface area contributed by atoms with Gasteiger partial charge in [0.05, 0.1) is 21.3 Å². The number of rotatable bonds is 5. The number of hydrogen-bond donors (Lipinski definition) is 0. The van der Waals surface area contributed by atoms with Crippen LogP contribution in [0.5, 0.6) is 17.2 Å². The van der Waals surface area contributed by atoms with Crippen molar-refractivity contribution in [2.24, 2.45) is 0 Å². The lowest BCUT2D eigenvalue weighted by Gasteiger charge is -2.12. The molecule has 0 N–H and O–H groups in total. The van der Waals surface area contributed by atoms with Crippen molar-refractivity contribution in [3.63, 3.8) is 0 Å². The first-order valence-electron chi connectivity index (χ1n) is 4.64. The van der Waals surface area contributed by atoms with Gasteiger partial charge in [-0.1, -0.05) is 6.58 Å². The number of hydrogen-bond acceptors (Lipinski definition) is 4. The van der Waals surface area contributed by atoms with E-state index in [0.29, 0.717) is 22.8 Å². The van der Waals surface area contributed by atoms with Crippen LogP contribution in [-0.4, -0.2) is 27.1 Å². The molecule has 0 bridgehead atoms. The Labute approximate surface area is 94.4 Å². The van der Waals surface area contributed by atoms with Gasteiger partial charge in [-0.3, -0.25) is 4.79 Å². The van der Waals surface area contributed by atoms with Crippen LogP contribution >= 0.6 is 0 Å². The van der Waals surface area contributed by atoms with E-state index in [1.54, 1.807) is 12.1 Å². The van der Waals surface area contributed by atoms with Crippen molar-refractivity contribution in [2.75, 3.05) is 21.3 Å². The molecule has 0 spiro atoms. The molecule has 4 heteroatoms. The molecule has 0 radical (unpaired) electrons. The molecular weight excluding hydrogens is 208 g/mol. The number of carbonyl (C=O) groups excluding carboxylic acids is 1. The van der Waals surface area contributed by atoms with Crippen LogP contribution in [0.15, 0.2) is 24.8 Å².